The van der Waals surface area contributed by atoms with Crippen molar-refractivity contribution in [3.05, 3.63) is 29.8 Å². The molecule has 4 N–H and O–H groups in total. The molecule has 0 aliphatic carbocycles. The third-order valence-electron chi connectivity index (χ3n) is 2.05. The van der Waals surface area contributed by atoms with Crippen LogP contribution in [0.15, 0.2) is 18.2 Å². The highest BCUT2D eigenvalue weighted by molar-refractivity contribution is 8.00. The number of carboxylic acids is 1. The van der Waals surface area contributed by atoms with E-state index in [9.17, 15) is 18.4 Å². The number of amides is 1. The maximum Gasteiger partial charge on any atom is 0.321 e. The van der Waals surface area contributed by atoms with Gasteiger partial charge in [0.2, 0.25) is 5.91 Å². The van der Waals surface area contributed by atoms with E-state index in [0.29, 0.717) is 0 Å². The van der Waals surface area contributed by atoms with Crippen LogP contribution in [0.5, 0.6) is 0 Å². The summed E-state index contributed by atoms with van der Waals surface area (Å²) in [5.74, 6) is -3.19. The summed E-state index contributed by atoms with van der Waals surface area (Å²) in [5.41, 5.74) is 4.98. The zero-order chi connectivity index (χ0) is 14.4. The molecule has 0 aliphatic heterocycles. The first-order valence-corrected chi connectivity index (χ1v) is 6.36. The Hall–Kier alpha value is -1.67. The van der Waals surface area contributed by atoms with Crippen LogP contribution < -0.4 is 11.1 Å². The number of thioether (sulfide) groups is 1. The third kappa shape index (κ3) is 5.23. The molecule has 1 aromatic carbocycles. The average Bonchev–Trinajstić information content (AvgIpc) is 2.33. The van der Waals surface area contributed by atoms with Crippen molar-refractivity contribution < 1.29 is 23.5 Å². The fourth-order valence-electron chi connectivity index (χ4n) is 1.13. The summed E-state index contributed by atoms with van der Waals surface area (Å²) in [5, 5.41) is 10.7. The number of benzene rings is 1. The lowest BCUT2D eigenvalue weighted by atomic mass is 10.3. The predicted octanol–water partition coefficient (Wildman–Crippen LogP) is 1.05. The number of hydrogen-bond acceptors (Lipinski definition) is 4. The van der Waals surface area contributed by atoms with Gasteiger partial charge in [-0.15, -0.1) is 11.8 Å². The van der Waals surface area contributed by atoms with Crippen molar-refractivity contribution in [2.45, 2.75) is 6.04 Å². The fourth-order valence-corrected chi connectivity index (χ4v) is 1.90. The summed E-state index contributed by atoms with van der Waals surface area (Å²) in [4.78, 5) is 21.8. The molecule has 0 saturated carbocycles. The first-order valence-electron chi connectivity index (χ1n) is 5.21. The molecule has 5 nitrogen and oxygen atoms in total. The number of hydrogen-bond donors (Lipinski definition) is 3. The molecule has 1 atom stereocenters. The van der Waals surface area contributed by atoms with E-state index in [1.165, 1.54) is 0 Å². The van der Waals surface area contributed by atoms with Gasteiger partial charge in [0.25, 0.3) is 0 Å². The van der Waals surface area contributed by atoms with Gasteiger partial charge in [-0.05, 0) is 12.1 Å². The average molecular weight is 290 g/mol. The van der Waals surface area contributed by atoms with Gasteiger partial charge in [-0.25, -0.2) is 8.78 Å². The molecule has 104 valence electrons. The van der Waals surface area contributed by atoms with Crippen molar-refractivity contribution in [1.29, 1.82) is 0 Å². The molecule has 1 amide bonds. The van der Waals surface area contributed by atoms with Crippen LogP contribution in [-0.4, -0.2) is 34.5 Å². The molecule has 0 aromatic heterocycles. The van der Waals surface area contributed by atoms with Gasteiger partial charge in [-0.3, -0.25) is 9.59 Å². The van der Waals surface area contributed by atoms with Crippen molar-refractivity contribution in [3.63, 3.8) is 0 Å². The predicted molar refractivity (Wildman–Crippen MR) is 67.9 cm³/mol. The van der Waals surface area contributed by atoms with Crippen LogP contribution >= 0.6 is 11.8 Å². The Labute approximate surface area is 112 Å². The fraction of sp³-hybridized carbons (Fsp3) is 0.273. The number of rotatable bonds is 6. The van der Waals surface area contributed by atoms with E-state index in [2.05, 4.69) is 5.32 Å². The number of nitrogens with one attached hydrogen (secondary N) is 1. The lowest BCUT2D eigenvalue weighted by Crippen LogP contribution is -2.33. The number of halogens is 2. The molecule has 8 heteroatoms. The van der Waals surface area contributed by atoms with Gasteiger partial charge in [0, 0.05) is 11.8 Å². The summed E-state index contributed by atoms with van der Waals surface area (Å²) in [6.45, 7) is 0. The van der Waals surface area contributed by atoms with Crippen LogP contribution in [0.3, 0.4) is 0 Å². The zero-order valence-corrected chi connectivity index (χ0v) is 10.5. The lowest BCUT2D eigenvalue weighted by Gasteiger charge is -2.08. The minimum absolute atomic E-state index is 0.0500. The highest BCUT2D eigenvalue weighted by Crippen LogP contribution is 2.15. The van der Waals surface area contributed by atoms with Crippen molar-refractivity contribution in [2.75, 3.05) is 16.8 Å². The number of carbonyl (C=O) groups is 2. The molecule has 0 saturated heterocycles. The lowest BCUT2D eigenvalue weighted by molar-refractivity contribution is -0.137. The van der Waals surface area contributed by atoms with Crippen LogP contribution in [0.4, 0.5) is 14.5 Å². The summed E-state index contributed by atoms with van der Waals surface area (Å²) >= 11 is 0.993. The molecule has 19 heavy (non-hydrogen) atoms. The largest absolute Gasteiger partial charge is 0.480 e. The molecule has 0 heterocycles. The van der Waals surface area contributed by atoms with Crippen molar-refractivity contribution in [2.24, 2.45) is 5.73 Å². The molecule has 0 radical (unpaired) electrons. The zero-order valence-electron chi connectivity index (χ0n) is 9.73. The number of aliphatic carboxylic acids is 1. The first kappa shape index (κ1) is 15.4. The van der Waals surface area contributed by atoms with Crippen molar-refractivity contribution in [3.8, 4) is 0 Å². The summed E-state index contributed by atoms with van der Waals surface area (Å²) in [7, 11) is 0. The Morgan fingerprint density at radius 2 is 2.11 bits per heavy atom. The normalized spacial score (nSPS) is 11.9. The van der Waals surface area contributed by atoms with E-state index < -0.39 is 29.6 Å². The number of carboxylic acid groups (broad SMARTS) is 1. The molecule has 0 unspecified atom stereocenters. The number of nitrogens with two attached hydrogens (primary N) is 1. The molecular weight excluding hydrogens is 278 g/mol. The minimum atomic E-state index is -1.16. The maximum absolute atomic E-state index is 13.2. The summed E-state index contributed by atoms with van der Waals surface area (Å²) < 4.78 is 26.0. The van der Waals surface area contributed by atoms with Crippen LogP contribution in [-0.2, 0) is 9.59 Å². The highest BCUT2D eigenvalue weighted by Gasteiger charge is 2.13. The highest BCUT2D eigenvalue weighted by atomic mass is 32.2. The number of anilines is 1. The van der Waals surface area contributed by atoms with E-state index in [0.717, 1.165) is 30.0 Å². The van der Waals surface area contributed by atoms with Crippen LogP contribution in [0.2, 0.25) is 0 Å². The first-order chi connectivity index (χ1) is 8.90. The topological polar surface area (TPSA) is 92.4 Å². The summed E-state index contributed by atoms with van der Waals surface area (Å²) in [6, 6.07) is 1.63. The molecular formula is C11H12F2N2O3S. The SMILES string of the molecule is N[C@@H](CSCC(=O)Nc1cc(F)ccc1F)C(=O)O. The Morgan fingerprint density at radius 3 is 2.74 bits per heavy atom. The van der Waals surface area contributed by atoms with E-state index in [1.807, 2.05) is 0 Å². The van der Waals surface area contributed by atoms with Crippen LogP contribution in [0, 0.1) is 11.6 Å². The quantitative estimate of drug-likeness (QED) is 0.728. The molecule has 1 aromatic rings. The smallest absolute Gasteiger partial charge is 0.321 e. The van der Waals surface area contributed by atoms with E-state index in [4.69, 9.17) is 10.8 Å². The Bertz CT molecular complexity index is 485. The van der Waals surface area contributed by atoms with Crippen LogP contribution in [0.1, 0.15) is 0 Å². The second kappa shape index (κ2) is 7.05. The molecule has 0 fully saturated rings. The van der Waals surface area contributed by atoms with Gasteiger partial charge >= 0.3 is 5.97 Å². The Morgan fingerprint density at radius 1 is 1.42 bits per heavy atom. The standard InChI is InChI=1S/C11H12F2N2O3S/c12-6-1-2-7(13)9(3-6)15-10(16)5-19-4-8(14)11(17)18/h1-3,8H,4-5,14H2,(H,15,16)(H,17,18)/t8-/m0/s1. The third-order valence-corrected chi connectivity index (χ3v) is 3.11. The van der Waals surface area contributed by atoms with E-state index in [-0.39, 0.29) is 17.2 Å². The maximum atomic E-state index is 13.2. The van der Waals surface area contributed by atoms with Crippen molar-refractivity contribution >= 4 is 29.3 Å². The molecule has 1 rings (SSSR count). The van der Waals surface area contributed by atoms with E-state index in [1.54, 1.807) is 0 Å². The van der Waals surface area contributed by atoms with Crippen LogP contribution in [0.25, 0.3) is 0 Å². The second-order valence-corrected chi connectivity index (χ2v) is 4.66. The van der Waals surface area contributed by atoms with Gasteiger partial charge in [0.15, 0.2) is 0 Å². The minimum Gasteiger partial charge on any atom is -0.480 e. The van der Waals surface area contributed by atoms with Gasteiger partial charge in [-0.2, -0.15) is 0 Å². The van der Waals surface area contributed by atoms with E-state index >= 15 is 0 Å². The van der Waals surface area contributed by atoms with Gasteiger partial charge < -0.3 is 16.2 Å². The van der Waals surface area contributed by atoms with Gasteiger partial charge in [0.1, 0.15) is 17.7 Å². The van der Waals surface area contributed by atoms with Gasteiger partial charge in [-0.1, -0.05) is 0 Å². The number of carbonyl (C=O) groups excluding carboxylic acids is 1. The summed E-state index contributed by atoms with van der Waals surface area (Å²) in [6.07, 6.45) is 0. The Balaban J connectivity index is 2.43. The van der Waals surface area contributed by atoms with Crippen molar-refractivity contribution in [1.82, 2.24) is 0 Å². The van der Waals surface area contributed by atoms with Gasteiger partial charge in [0.05, 0.1) is 11.4 Å². The Kier molecular flexibility index (Phi) is 5.71. The molecule has 0 aliphatic rings. The molecule has 0 spiro atoms. The second-order valence-electron chi connectivity index (χ2n) is 3.63. The molecule has 0 bridgehead atoms. The monoisotopic (exact) mass is 290 g/mol.